The number of rotatable bonds is 2. The van der Waals surface area contributed by atoms with Crippen molar-refractivity contribution in [1.82, 2.24) is 5.43 Å². The lowest BCUT2D eigenvalue weighted by Gasteiger charge is -2.07. The molecule has 0 bridgehead atoms. The molecular weight excluding hydrogens is 276 g/mol. The van der Waals surface area contributed by atoms with Gasteiger partial charge in [0.2, 0.25) is 5.96 Å². The van der Waals surface area contributed by atoms with Gasteiger partial charge in [-0.1, -0.05) is 0 Å². The van der Waals surface area contributed by atoms with E-state index in [0.29, 0.717) is 6.07 Å². The highest BCUT2D eigenvalue weighted by atomic mass is 35.5. The Hall–Kier alpha value is -1.83. The molecule has 18 heavy (non-hydrogen) atoms. The van der Waals surface area contributed by atoms with E-state index in [-0.39, 0.29) is 18.0 Å². The third-order valence-corrected chi connectivity index (χ3v) is 1.72. The van der Waals surface area contributed by atoms with Gasteiger partial charge in [0, 0.05) is 5.56 Å². The number of guanidine groups is 1. The second kappa shape index (κ2) is 6.20. The van der Waals surface area contributed by atoms with E-state index in [1.54, 1.807) is 0 Å². The Bertz CT molecular complexity index is 458. The number of hydrogen-bond acceptors (Lipinski definition) is 2. The Balaban J connectivity index is 0.00000289. The zero-order valence-electron chi connectivity index (χ0n) is 8.75. The normalized spacial score (nSPS) is 11.1. The Morgan fingerprint density at radius 3 is 2.44 bits per heavy atom. The number of halogens is 5. The van der Waals surface area contributed by atoms with Gasteiger partial charge in [0.25, 0.3) is 0 Å². The number of hydrogen-bond donors (Lipinski definition) is 3. The molecular formula is C9H9ClF4N4. The van der Waals surface area contributed by atoms with Gasteiger partial charge in [-0.15, -0.1) is 12.4 Å². The summed E-state index contributed by atoms with van der Waals surface area (Å²) in [6.45, 7) is 0. The summed E-state index contributed by atoms with van der Waals surface area (Å²) in [5.41, 5.74) is 5.68. The Labute approximate surface area is 106 Å². The number of hydrazone groups is 1. The summed E-state index contributed by atoms with van der Waals surface area (Å²) in [6, 6.07) is 2.04. The molecule has 1 aromatic carbocycles. The van der Waals surface area contributed by atoms with Crippen LogP contribution in [0, 0.1) is 11.2 Å². The minimum Gasteiger partial charge on any atom is -0.369 e. The third-order valence-electron chi connectivity index (χ3n) is 1.72. The lowest BCUT2D eigenvalue weighted by molar-refractivity contribution is -0.137. The van der Waals surface area contributed by atoms with Crippen LogP contribution in [0.4, 0.5) is 17.6 Å². The van der Waals surface area contributed by atoms with E-state index in [2.05, 4.69) is 5.10 Å². The monoisotopic (exact) mass is 284 g/mol. The Morgan fingerprint density at radius 1 is 1.39 bits per heavy atom. The Morgan fingerprint density at radius 2 is 2.00 bits per heavy atom. The molecule has 1 rings (SSSR count). The zero-order valence-corrected chi connectivity index (χ0v) is 9.57. The summed E-state index contributed by atoms with van der Waals surface area (Å²) in [5, 5.41) is 10.1. The summed E-state index contributed by atoms with van der Waals surface area (Å²) in [4.78, 5) is 0. The first kappa shape index (κ1) is 16.2. The summed E-state index contributed by atoms with van der Waals surface area (Å²) in [5.74, 6) is -1.53. The molecule has 0 aliphatic heterocycles. The average molecular weight is 285 g/mol. The van der Waals surface area contributed by atoms with E-state index >= 15 is 0 Å². The molecule has 0 amide bonds. The van der Waals surface area contributed by atoms with E-state index in [9.17, 15) is 17.6 Å². The highest BCUT2D eigenvalue weighted by molar-refractivity contribution is 5.85. The van der Waals surface area contributed by atoms with Gasteiger partial charge in [0.1, 0.15) is 5.82 Å². The van der Waals surface area contributed by atoms with Crippen LogP contribution in [0.5, 0.6) is 0 Å². The van der Waals surface area contributed by atoms with Crippen LogP contribution in [-0.2, 0) is 6.18 Å². The molecule has 0 unspecified atom stereocenters. The minimum atomic E-state index is -4.59. The van der Waals surface area contributed by atoms with Crippen molar-refractivity contribution in [2.75, 3.05) is 0 Å². The van der Waals surface area contributed by atoms with Crippen molar-refractivity contribution in [3.8, 4) is 0 Å². The van der Waals surface area contributed by atoms with Crippen molar-refractivity contribution in [1.29, 1.82) is 5.41 Å². The van der Waals surface area contributed by atoms with E-state index in [1.165, 1.54) is 0 Å². The molecule has 0 saturated heterocycles. The van der Waals surface area contributed by atoms with Crippen LogP contribution in [0.15, 0.2) is 23.3 Å². The fraction of sp³-hybridized carbons (Fsp3) is 0.111. The highest BCUT2D eigenvalue weighted by Gasteiger charge is 2.30. The predicted molar refractivity (Wildman–Crippen MR) is 61.3 cm³/mol. The smallest absolute Gasteiger partial charge is 0.369 e. The molecule has 0 heterocycles. The lowest BCUT2D eigenvalue weighted by atomic mass is 10.1. The van der Waals surface area contributed by atoms with E-state index < -0.39 is 23.5 Å². The van der Waals surface area contributed by atoms with Crippen LogP contribution in [0.2, 0.25) is 0 Å². The fourth-order valence-electron chi connectivity index (χ4n) is 0.980. The van der Waals surface area contributed by atoms with E-state index in [0.717, 1.165) is 18.3 Å². The van der Waals surface area contributed by atoms with Crippen molar-refractivity contribution in [2.45, 2.75) is 6.18 Å². The number of nitrogens with one attached hydrogen (secondary N) is 2. The molecule has 0 saturated carbocycles. The van der Waals surface area contributed by atoms with Crippen LogP contribution >= 0.6 is 12.4 Å². The maximum absolute atomic E-state index is 13.2. The molecule has 9 heteroatoms. The first-order valence-electron chi connectivity index (χ1n) is 4.30. The standard InChI is InChI=1S/C9H8F4N4.ClH/c10-7-3-6(9(11,12)13)2-1-5(7)4-16-17-8(14)15;/h1-4H,(H4,14,15,17);1H/b16-4+;. The topological polar surface area (TPSA) is 74.3 Å². The van der Waals surface area contributed by atoms with E-state index in [1.807, 2.05) is 5.43 Å². The first-order chi connectivity index (χ1) is 7.80. The molecule has 0 fully saturated rings. The number of benzene rings is 1. The van der Waals surface area contributed by atoms with Crippen molar-refractivity contribution >= 4 is 24.6 Å². The van der Waals surface area contributed by atoms with Crippen molar-refractivity contribution in [3.63, 3.8) is 0 Å². The molecule has 0 atom stereocenters. The van der Waals surface area contributed by atoms with Gasteiger partial charge in [-0.05, 0) is 18.2 Å². The molecule has 0 aliphatic rings. The summed E-state index contributed by atoms with van der Waals surface area (Å²) in [7, 11) is 0. The van der Waals surface area contributed by atoms with Gasteiger partial charge < -0.3 is 5.73 Å². The van der Waals surface area contributed by atoms with Gasteiger partial charge in [-0.3, -0.25) is 5.41 Å². The minimum absolute atomic E-state index is 0. The number of nitrogens with zero attached hydrogens (tertiary/aromatic N) is 1. The quantitative estimate of drug-likeness (QED) is 0.337. The second-order valence-electron chi connectivity index (χ2n) is 3.02. The average Bonchev–Trinajstić information content (AvgIpc) is 2.18. The van der Waals surface area contributed by atoms with Gasteiger partial charge in [0.05, 0.1) is 11.8 Å². The van der Waals surface area contributed by atoms with Crippen LogP contribution in [0.3, 0.4) is 0 Å². The van der Waals surface area contributed by atoms with Crippen molar-refractivity contribution < 1.29 is 17.6 Å². The number of alkyl halides is 3. The van der Waals surface area contributed by atoms with Crippen molar-refractivity contribution in [3.05, 3.63) is 35.1 Å². The number of nitrogens with two attached hydrogens (primary N) is 1. The van der Waals surface area contributed by atoms with Crippen LogP contribution < -0.4 is 11.2 Å². The molecule has 100 valence electrons. The van der Waals surface area contributed by atoms with Gasteiger partial charge in [-0.25, -0.2) is 9.82 Å². The molecule has 0 spiro atoms. The molecule has 4 nitrogen and oxygen atoms in total. The van der Waals surface area contributed by atoms with Crippen LogP contribution in [0.25, 0.3) is 0 Å². The fourth-order valence-corrected chi connectivity index (χ4v) is 0.980. The third kappa shape index (κ3) is 4.58. The molecule has 0 aliphatic carbocycles. The molecule has 0 radical (unpaired) electrons. The SMILES string of the molecule is Cl.N=C(N)N/N=C/c1ccc(C(F)(F)F)cc1F. The van der Waals surface area contributed by atoms with Crippen LogP contribution in [-0.4, -0.2) is 12.2 Å². The Kier molecular flexibility index (Phi) is 5.57. The van der Waals surface area contributed by atoms with Crippen molar-refractivity contribution in [2.24, 2.45) is 10.8 Å². The largest absolute Gasteiger partial charge is 0.416 e. The molecule has 1 aromatic rings. The first-order valence-corrected chi connectivity index (χ1v) is 4.30. The van der Waals surface area contributed by atoms with Gasteiger partial charge in [0.15, 0.2) is 0 Å². The van der Waals surface area contributed by atoms with Crippen LogP contribution in [0.1, 0.15) is 11.1 Å². The maximum atomic E-state index is 13.2. The summed E-state index contributed by atoms with van der Waals surface area (Å²) >= 11 is 0. The highest BCUT2D eigenvalue weighted by Crippen LogP contribution is 2.29. The summed E-state index contributed by atoms with van der Waals surface area (Å²) in [6.07, 6.45) is -3.66. The van der Waals surface area contributed by atoms with Gasteiger partial charge in [-0.2, -0.15) is 18.3 Å². The lowest BCUT2D eigenvalue weighted by Crippen LogP contribution is -2.25. The molecule has 0 aromatic heterocycles. The predicted octanol–water partition coefficient (Wildman–Crippen LogP) is 2.08. The zero-order chi connectivity index (χ0) is 13.1. The molecule has 4 N–H and O–H groups in total. The van der Waals surface area contributed by atoms with Gasteiger partial charge >= 0.3 is 6.18 Å². The summed E-state index contributed by atoms with van der Waals surface area (Å²) < 4.78 is 49.8. The second-order valence-corrected chi connectivity index (χ2v) is 3.02. The maximum Gasteiger partial charge on any atom is 0.416 e. The van der Waals surface area contributed by atoms with E-state index in [4.69, 9.17) is 11.1 Å².